The van der Waals surface area contributed by atoms with Gasteiger partial charge in [0, 0.05) is 17.3 Å². The molecule has 0 bridgehead atoms. The van der Waals surface area contributed by atoms with Crippen molar-refractivity contribution in [2.45, 2.75) is 84.0 Å². The van der Waals surface area contributed by atoms with Crippen molar-refractivity contribution in [3.05, 3.63) is 79.9 Å². The highest BCUT2D eigenvalue weighted by atomic mass is 16.6. The van der Waals surface area contributed by atoms with Gasteiger partial charge in [-0.15, -0.1) is 0 Å². The highest BCUT2D eigenvalue weighted by Crippen LogP contribution is 2.29. The Hall–Kier alpha value is -9.39. The van der Waals surface area contributed by atoms with Crippen LogP contribution in [0, 0.1) is 193 Å². The van der Waals surface area contributed by atoms with Crippen LogP contribution in [0.3, 0.4) is 0 Å². The van der Waals surface area contributed by atoms with Crippen molar-refractivity contribution in [3.8, 4) is 60.7 Å². The van der Waals surface area contributed by atoms with Gasteiger partial charge in [-0.25, -0.2) is 46.0 Å². The molecule has 114 heavy (non-hydrogen) atoms. The zero-order chi connectivity index (χ0) is 84.8. The fraction of sp³-hybridized carbons (Fsp3) is 0.785. The van der Waals surface area contributed by atoms with E-state index in [9.17, 15) is 0 Å². The fourth-order valence-corrected chi connectivity index (χ4v) is 9.39. The summed E-state index contributed by atoms with van der Waals surface area (Å²) < 4.78 is 102. The van der Waals surface area contributed by atoms with E-state index in [4.69, 9.17) is 184 Å². The number of hydrogen-bond donors (Lipinski definition) is 0. The molecular formula is C79H115N17O18. The molecule has 0 aromatic heterocycles. The van der Waals surface area contributed by atoms with Gasteiger partial charge in [0.25, 0.3) is 0 Å². The highest BCUT2D eigenvalue weighted by molar-refractivity contribution is 4.87. The standard InChI is InChI=1S/C28H40N6O7.C18H26N4O4.C17H24N4O4.C16H25N3O3/c1-32-10-16-38-22-28(23-39-17-11-33-2,24-40-18-12-34-3)26-41-25-27(19-35-13-4-7-29,20-36-14-5-8-30)21-37-15-6-9-31;1-21-7-11-25-15-18(16-26-12-8-22-2)17(13-23-9-3-5-19)14-24-10-4-6-20;1-20-7-11-24-15-17(13-22-9-3-5-18,14-23-10-4-6-19)16-25-12-8-21-2;1-2-6-16(13-20-10-3-7-17,14-21-11-4-8-18)15-22-12-5-9-19/h4-6,10-26H2;17-18H,3-4,7-16H2;3-4,7-16H2;2-6,10-15H2,1H3. The summed E-state index contributed by atoms with van der Waals surface area (Å²) in [5.74, 6) is -0.0658. The van der Waals surface area contributed by atoms with Crippen LogP contribution in [0.15, 0.2) is 0 Å². The van der Waals surface area contributed by atoms with Crippen molar-refractivity contribution in [2.75, 3.05) is 284 Å². The summed E-state index contributed by atoms with van der Waals surface area (Å²) in [5.41, 5.74) is -2.53. The molecule has 0 heterocycles. The smallest absolute Gasteiger partial charge is 0.237 e. The molecule has 0 saturated carbocycles. The summed E-state index contributed by atoms with van der Waals surface area (Å²) in [6, 6.07) is 20.3. The average Bonchev–Trinajstić information content (AvgIpc) is 0.856. The minimum atomic E-state index is -0.813. The minimum Gasteiger partial charge on any atom is -0.380 e. The maximum atomic E-state index is 8.89. The second kappa shape index (κ2) is 89.2. The second-order valence-electron chi connectivity index (χ2n) is 25.0. The van der Waals surface area contributed by atoms with Crippen LogP contribution in [0.5, 0.6) is 0 Å². The molecule has 0 rings (SSSR count). The predicted octanol–water partition coefficient (Wildman–Crippen LogP) is 8.79. The van der Waals surface area contributed by atoms with Gasteiger partial charge in [0.1, 0.15) is 46.2 Å². The van der Waals surface area contributed by atoms with E-state index in [2.05, 4.69) is 40.8 Å². The van der Waals surface area contributed by atoms with Gasteiger partial charge in [-0.1, -0.05) is 13.3 Å². The summed E-state index contributed by atoms with van der Waals surface area (Å²) in [6.07, 6.45) is 4.68. The summed E-state index contributed by atoms with van der Waals surface area (Å²) >= 11 is 0. The van der Waals surface area contributed by atoms with Gasteiger partial charge in [-0.05, 0) is 6.42 Å². The number of nitrogens with zero attached hydrogens (tertiary/aromatic N) is 17. The molecule has 35 heteroatoms. The molecule has 0 radical (unpaired) electrons. The van der Waals surface area contributed by atoms with Crippen molar-refractivity contribution < 1.29 is 85.3 Å². The monoisotopic (exact) mass is 1590 g/mol. The van der Waals surface area contributed by atoms with Gasteiger partial charge in [0.2, 0.25) is 45.8 Å². The first-order valence-electron chi connectivity index (χ1n) is 37.3. The molecule has 0 atom stereocenters. The van der Waals surface area contributed by atoms with Gasteiger partial charge in [-0.3, -0.25) is 0 Å². The molecule has 0 saturated heterocycles. The van der Waals surface area contributed by atoms with Gasteiger partial charge < -0.3 is 119 Å². The summed E-state index contributed by atoms with van der Waals surface area (Å²) in [4.78, 5) is 22.9. The maximum Gasteiger partial charge on any atom is 0.237 e. The van der Waals surface area contributed by atoms with E-state index in [0.29, 0.717) is 164 Å². The zero-order valence-corrected chi connectivity index (χ0v) is 66.5. The first-order valence-corrected chi connectivity index (χ1v) is 37.3. The van der Waals surface area contributed by atoms with Crippen LogP contribution in [0.4, 0.5) is 0 Å². The molecule has 0 amide bonds. The Kier molecular flexibility index (Phi) is 86.8. The average molecular weight is 1590 g/mol. The van der Waals surface area contributed by atoms with Crippen molar-refractivity contribution in [1.82, 2.24) is 0 Å². The lowest BCUT2D eigenvalue weighted by Gasteiger charge is -2.36. The highest BCUT2D eigenvalue weighted by Gasteiger charge is 2.38. The second-order valence-corrected chi connectivity index (χ2v) is 25.0. The van der Waals surface area contributed by atoms with Gasteiger partial charge >= 0.3 is 0 Å². The van der Waals surface area contributed by atoms with Crippen LogP contribution in [0.1, 0.15) is 84.0 Å². The lowest BCUT2D eigenvalue weighted by atomic mass is 9.86. The quantitative estimate of drug-likeness (QED) is 0.0405. The third-order valence-electron chi connectivity index (χ3n) is 14.9. The van der Waals surface area contributed by atoms with Crippen LogP contribution in [-0.2, 0) is 85.3 Å². The number of hydrogen-bond acceptors (Lipinski definition) is 28. The summed E-state index contributed by atoms with van der Waals surface area (Å²) in [7, 11) is 0. The third kappa shape index (κ3) is 71.6. The molecule has 0 fully saturated rings. The van der Waals surface area contributed by atoms with Crippen molar-refractivity contribution in [1.29, 1.82) is 52.6 Å². The molecule has 35 nitrogen and oxygen atoms in total. The van der Waals surface area contributed by atoms with Crippen LogP contribution < -0.4 is 0 Å². The van der Waals surface area contributed by atoms with E-state index in [1.165, 1.54) is 0 Å². The molecular weight excluding hydrogens is 1470 g/mol. The maximum absolute atomic E-state index is 8.89. The lowest BCUT2D eigenvalue weighted by Crippen LogP contribution is -2.46. The van der Waals surface area contributed by atoms with E-state index in [0.717, 1.165) is 12.8 Å². The van der Waals surface area contributed by atoms with Crippen LogP contribution in [0.25, 0.3) is 33.9 Å². The van der Waals surface area contributed by atoms with E-state index < -0.39 is 16.2 Å². The Morgan fingerprint density at radius 1 is 0.211 bits per heavy atom. The third-order valence-corrected chi connectivity index (χ3v) is 14.9. The van der Waals surface area contributed by atoms with Crippen LogP contribution in [-0.4, -0.2) is 284 Å². The molecule has 0 spiro atoms. The Morgan fingerprint density at radius 3 is 0.518 bits per heavy atom. The first-order chi connectivity index (χ1) is 55.9. The normalized spacial score (nSPS) is 10.6. The minimum absolute atomic E-state index is 0.0318. The van der Waals surface area contributed by atoms with Gasteiger partial charge in [0.05, 0.1) is 333 Å². The molecule has 0 aliphatic carbocycles. The number of ether oxygens (including phenoxy) is 18. The number of nitriles is 10. The summed E-state index contributed by atoms with van der Waals surface area (Å²) in [6.45, 7) is 62.0. The van der Waals surface area contributed by atoms with Gasteiger partial charge in [0.15, 0.2) is 0 Å². The Bertz CT molecular complexity index is 2690. The largest absolute Gasteiger partial charge is 0.380 e. The number of rotatable bonds is 75. The SMILES string of the molecule is CCCC(COCCC#N)(COCCC#N)COCCC#N.[C-]#[N+]CCOCC(COCCC#N)(COCCC#N)COCC[N+]#[C-].[C-]#[N+]CCOCC(COCC[N+]#[C-])(COCC[N+]#[C-])COCC(COCCC#N)(COCCC#N)COCCC#N.[C-]#[N+]CCOCC(COCC[N+]#[C-])C(COCCC#N)COCCC#N. The molecule has 624 valence electrons. The van der Waals surface area contributed by atoms with E-state index >= 15 is 0 Å². The van der Waals surface area contributed by atoms with E-state index in [1.54, 1.807) is 0 Å². The molecule has 0 N–H and O–H groups in total. The Labute approximate surface area is 676 Å². The molecule has 0 aromatic rings. The van der Waals surface area contributed by atoms with E-state index in [-0.39, 0.29) is 201 Å². The molecule has 0 aliphatic heterocycles. The van der Waals surface area contributed by atoms with Gasteiger partial charge in [-0.2, -0.15) is 52.6 Å². The molecule has 0 unspecified atom stereocenters. The zero-order valence-electron chi connectivity index (χ0n) is 66.5. The predicted molar refractivity (Wildman–Crippen MR) is 409 cm³/mol. The van der Waals surface area contributed by atoms with E-state index in [1.807, 2.05) is 60.7 Å². The fourth-order valence-electron chi connectivity index (χ4n) is 9.39. The molecule has 0 aromatic carbocycles. The van der Waals surface area contributed by atoms with Crippen LogP contribution in [0.2, 0.25) is 0 Å². The lowest BCUT2D eigenvalue weighted by molar-refractivity contribution is -0.140. The topological polar surface area (TPSA) is 435 Å². The summed E-state index contributed by atoms with van der Waals surface area (Å²) in [5, 5.41) is 86.8. The molecule has 0 aliphatic rings. The Balaban J connectivity index is -0.000000731. The Morgan fingerprint density at radius 2 is 0.351 bits per heavy atom. The first kappa shape index (κ1) is 111. The van der Waals surface area contributed by atoms with Crippen molar-refractivity contribution in [2.24, 2.45) is 33.5 Å². The van der Waals surface area contributed by atoms with Crippen molar-refractivity contribution in [3.63, 3.8) is 0 Å². The van der Waals surface area contributed by atoms with Crippen molar-refractivity contribution >= 4 is 0 Å². The van der Waals surface area contributed by atoms with Crippen LogP contribution >= 0.6 is 0 Å².